The van der Waals surface area contributed by atoms with Crippen LogP contribution in [-0.2, 0) is 0 Å². The number of alkyl halides is 1. The largest absolute Gasteiger partial charge is 0.263 e. The Morgan fingerprint density at radius 1 is 1.54 bits per heavy atom. The molecule has 2 rings (SSSR count). The van der Waals surface area contributed by atoms with Gasteiger partial charge in [0.25, 0.3) is 4.05 Å². The molecule has 0 saturated heterocycles. The lowest BCUT2D eigenvalue weighted by Crippen LogP contribution is -2.18. The van der Waals surface area contributed by atoms with E-state index < -0.39 is 4.05 Å². The van der Waals surface area contributed by atoms with Crippen LogP contribution < -0.4 is 0 Å². The van der Waals surface area contributed by atoms with Gasteiger partial charge in [0, 0.05) is 33.9 Å². The molecule has 0 aromatic carbocycles. The molecule has 1 unspecified atom stereocenters. The molecule has 4 heteroatoms. The second-order valence-electron chi connectivity index (χ2n) is 4.00. The highest BCUT2D eigenvalue weighted by molar-refractivity contribution is 14.1. The molecule has 1 saturated carbocycles. The van der Waals surface area contributed by atoms with E-state index in [1.54, 1.807) is 0 Å². The molecule has 0 spiro atoms. The van der Waals surface area contributed by atoms with Crippen molar-refractivity contribution in [1.82, 2.24) is 0 Å². The minimum absolute atomic E-state index is 0.170. The maximum absolute atomic E-state index is 10.5. The Kier molecular flexibility index (Phi) is 2.58. The van der Waals surface area contributed by atoms with Crippen LogP contribution in [0, 0.1) is 27.9 Å². The van der Waals surface area contributed by atoms with Gasteiger partial charge in [-0.1, -0.05) is 12.2 Å². The molecule has 13 heavy (non-hydrogen) atoms. The summed E-state index contributed by atoms with van der Waals surface area (Å²) in [5, 5.41) is 10.5. The standard InChI is InChI=1S/C9H12INO2/c10-9(11(12)13)5-8-4-6-1-2-7(8)3-6/h1-2,6-9H,3-5H2/t6-,7+,8+,9?/m1/s1. The molecule has 4 atom stereocenters. The zero-order chi connectivity index (χ0) is 9.42. The van der Waals surface area contributed by atoms with Crippen molar-refractivity contribution < 1.29 is 4.92 Å². The summed E-state index contributed by atoms with van der Waals surface area (Å²) in [5.41, 5.74) is 0. The maximum atomic E-state index is 10.5. The fourth-order valence-corrected chi connectivity index (χ4v) is 3.15. The monoisotopic (exact) mass is 293 g/mol. The van der Waals surface area contributed by atoms with Crippen molar-refractivity contribution in [2.45, 2.75) is 23.3 Å². The molecule has 2 bridgehead atoms. The Hall–Kier alpha value is -0.130. The number of hydrogen-bond donors (Lipinski definition) is 0. The summed E-state index contributed by atoms with van der Waals surface area (Å²) < 4.78 is -0.393. The third kappa shape index (κ3) is 1.87. The van der Waals surface area contributed by atoms with Crippen LogP contribution in [0.15, 0.2) is 12.2 Å². The summed E-state index contributed by atoms with van der Waals surface area (Å²) in [5.74, 6) is 1.94. The van der Waals surface area contributed by atoms with Gasteiger partial charge in [0.1, 0.15) is 0 Å². The summed E-state index contributed by atoms with van der Waals surface area (Å²) in [6.45, 7) is 0. The van der Waals surface area contributed by atoms with Gasteiger partial charge in [0.15, 0.2) is 0 Å². The molecule has 0 aromatic rings. The first-order chi connectivity index (χ1) is 6.16. The van der Waals surface area contributed by atoms with E-state index >= 15 is 0 Å². The van der Waals surface area contributed by atoms with Gasteiger partial charge in [0.2, 0.25) is 0 Å². The normalized spacial score (nSPS) is 38.1. The quantitative estimate of drug-likeness (QED) is 0.200. The minimum atomic E-state index is -0.393. The predicted molar refractivity (Wildman–Crippen MR) is 58.3 cm³/mol. The predicted octanol–water partition coefficient (Wildman–Crippen LogP) is 2.63. The molecule has 1 fully saturated rings. The Balaban J connectivity index is 1.90. The summed E-state index contributed by atoms with van der Waals surface area (Å²) in [6.07, 6.45) is 7.69. The molecule has 72 valence electrons. The molecule has 2 aliphatic rings. The van der Waals surface area contributed by atoms with Crippen LogP contribution in [0.25, 0.3) is 0 Å². The van der Waals surface area contributed by atoms with E-state index in [4.69, 9.17) is 0 Å². The fraction of sp³-hybridized carbons (Fsp3) is 0.778. The highest BCUT2D eigenvalue weighted by Gasteiger charge is 2.38. The van der Waals surface area contributed by atoms with E-state index in [0.29, 0.717) is 11.8 Å². The van der Waals surface area contributed by atoms with Gasteiger partial charge in [-0.3, -0.25) is 10.1 Å². The molecule has 0 aliphatic heterocycles. The molecule has 3 nitrogen and oxygen atoms in total. The number of nitro groups is 1. The lowest BCUT2D eigenvalue weighted by Gasteiger charge is -2.17. The zero-order valence-corrected chi connectivity index (χ0v) is 9.38. The van der Waals surface area contributed by atoms with Gasteiger partial charge in [-0.15, -0.1) is 0 Å². The first kappa shape index (κ1) is 9.43. The molecule has 2 aliphatic carbocycles. The van der Waals surface area contributed by atoms with E-state index in [9.17, 15) is 10.1 Å². The third-order valence-corrected chi connectivity index (χ3v) is 4.11. The minimum Gasteiger partial charge on any atom is -0.263 e. The second kappa shape index (κ2) is 3.55. The van der Waals surface area contributed by atoms with Gasteiger partial charge in [-0.2, -0.15) is 0 Å². The van der Waals surface area contributed by atoms with Crippen molar-refractivity contribution in [2.24, 2.45) is 17.8 Å². The van der Waals surface area contributed by atoms with Crippen LogP contribution >= 0.6 is 22.6 Å². The number of hydrogen-bond acceptors (Lipinski definition) is 2. The molecule has 0 radical (unpaired) electrons. The lowest BCUT2D eigenvalue weighted by molar-refractivity contribution is -0.491. The number of allylic oxidation sites excluding steroid dienone is 2. The van der Waals surface area contributed by atoms with Gasteiger partial charge in [0.05, 0.1) is 0 Å². The van der Waals surface area contributed by atoms with Crippen molar-refractivity contribution in [3.05, 3.63) is 22.3 Å². The molecule has 0 heterocycles. The summed E-state index contributed by atoms with van der Waals surface area (Å²) in [7, 11) is 0. The summed E-state index contributed by atoms with van der Waals surface area (Å²) in [4.78, 5) is 10.3. The van der Waals surface area contributed by atoms with Gasteiger partial charge < -0.3 is 0 Å². The smallest absolute Gasteiger partial charge is 0.261 e. The number of halogens is 1. The Morgan fingerprint density at radius 2 is 2.31 bits per heavy atom. The van der Waals surface area contributed by atoms with Crippen molar-refractivity contribution >= 4 is 22.6 Å². The molecular formula is C9H12INO2. The highest BCUT2D eigenvalue weighted by Crippen LogP contribution is 2.45. The highest BCUT2D eigenvalue weighted by atomic mass is 127. The zero-order valence-electron chi connectivity index (χ0n) is 7.23. The summed E-state index contributed by atoms with van der Waals surface area (Å²) in [6, 6.07) is 0. The first-order valence-corrected chi connectivity index (χ1v) is 5.87. The second-order valence-corrected chi connectivity index (χ2v) is 5.43. The van der Waals surface area contributed by atoms with E-state index in [1.807, 2.05) is 22.6 Å². The Morgan fingerprint density at radius 3 is 2.77 bits per heavy atom. The topological polar surface area (TPSA) is 43.1 Å². The molecular weight excluding hydrogens is 281 g/mol. The van der Waals surface area contributed by atoms with Crippen LogP contribution in [0.5, 0.6) is 0 Å². The molecule has 0 N–H and O–H groups in total. The lowest BCUT2D eigenvalue weighted by atomic mass is 9.91. The van der Waals surface area contributed by atoms with E-state index in [1.165, 1.54) is 12.8 Å². The van der Waals surface area contributed by atoms with Crippen LogP contribution in [0.1, 0.15) is 19.3 Å². The number of fused-ring (bicyclic) bond motifs is 2. The van der Waals surface area contributed by atoms with Gasteiger partial charge in [-0.25, -0.2) is 0 Å². The van der Waals surface area contributed by atoms with Gasteiger partial charge >= 0.3 is 0 Å². The average molecular weight is 293 g/mol. The first-order valence-electron chi connectivity index (χ1n) is 4.62. The van der Waals surface area contributed by atoms with E-state index in [2.05, 4.69) is 12.2 Å². The SMILES string of the molecule is O=[N+]([O-])C(I)C[C@@H]1C[C@@H]2C=C[C@H]1C2. The van der Waals surface area contributed by atoms with Crippen LogP contribution in [0.4, 0.5) is 0 Å². The third-order valence-electron chi connectivity index (χ3n) is 3.14. The van der Waals surface area contributed by atoms with Crippen molar-refractivity contribution in [3.8, 4) is 0 Å². The molecule has 0 amide bonds. The Bertz CT molecular complexity index is 254. The van der Waals surface area contributed by atoms with Crippen molar-refractivity contribution in [2.75, 3.05) is 0 Å². The van der Waals surface area contributed by atoms with E-state index in [0.717, 1.165) is 12.3 Å². The average Bonchev–Trinajstić information content (AvgIpc) is 2.64. The van der Waals surface area contributed by atoms with Gasteiger partial charge in [-0.05, 0) is 30.6 Å². The molecule has 0 aromatic heterocycles. The van der Waals surface area contributed by atoms with Crippen molar-refractivity contribution in [1.29, 1.82) is 0 Å². The number of nitrogens with zero attached hydrogens (tertiary/aromatic N) is 1. The van der Waals surface area contributed by atoms with E-state index in [-0.39, 0.29) is 4.92 Å². The van der Waals surface area contributed by atoms with Crippen LogP contribution in [-0.4, -0.2) is 8.97 Å². The maximum Gasteiger partial charge on any atom is 0.261 e. The van der Waals surface area contributed by atoms with Crippen molar-refractivity contribution in [3.63, 3.8) is 0 Å². The van der Waals surface area contributed by atoms with Crippen LogP contribution in [0.3, 0.4) is 0 Å². The Labute approximate surface area is 90.9 Å². The fourth-order valence-electron chi connectivity index (χ4n) is 2.50. The number of rotatable bonds is 3. The summed E-state index contributed by atoms with van der Waals surface area (Å²) >= 11 is 1.94. The van der Waals surface area contributed by atoms with Crippen LogP contribution in [0.2, 0.25) is 0 Å².